The number of anilines is 1. The summed E-state index contributed by atoms with van der Waals surface area (Å²) in [5.74, 6) is 0. The lowest BCUT2D eigenvalue weighted by atomic mass is 10.3. The molecule has 0 radical (unpaired) electrons. The molecule has 1 aromatic rings. The average molecular weight is 343 g/mol. The Hall–Kier alpha value is 0.420. The summed E-state index contributed by atoms with van der Waals surface area (Å²) in [5, 5.41) is -0.372. The number of nitrogens with one attached hydrogen (secondary N) is 1. The lowest BCUT2D eigenvalue weighted by molar-refractivity contribution is 0.607. The van der Waals surface area contributed by atoms with Crippen molar-refractivity contribution in [2.24, 2.45) is 0 Å². The van der Waals surface area contributed by atoms with E-state index in [9.17, 15) is 8.42 Å². The minimum Gasteiger partial charge on any atom is -0.281 e. The van der Waals surface area contributed by atoms with Gasteiger partial charge in [0.25, 0.3) is 0 Å². The van der Waals surface area contributed by atoms with Crippen LogP contribution in [0.5, 0.6) is 0 Å². The molecule has 0 aliphatic rings. The van der Waals surface area contributed by atoms with Crippen LogP contribution in [0.15, 0.2) is 0 Å². The van der Waals surface area contributed by atoms with Crippen LogP contribution < -0.4 is 4.72 Å². The minimum absolute atomic E-state index is 0.0302. The highest BCUT2D eigenvalue weighted by Gasteiger charge is 2.21. The lowest BCUT2D eigenvalue weighted by Gasteiger charge is -2.12. The molecule has 1 aromatic carbocycles. The van der Waals surface area contributed by atoms with E-state index in [1.165, 1.54) is 0 Å². The van der Waals surface area contributed by atoms with Crippen molar-refractivity contribution in [3.05, 3.63) is 25.1 Å². The molecule has 0 atom stereocenters. The Morgan fingerprint density at radius 2 is 1.12 bits per heavy atom. The molecule has 0 saturated carbocycles. The molecular weight excluding hydrogens is 339 g/mol. The van der Waals surface area contributed by atoms with Gasteiger partial charge in [-0.2, -0.15) is 0 Å². The molecule has 0 bridgehead atoms. The molecule has 0 aliphatic carbocycles. The van der Waals surface area contributed by atoms with Gasteiger partial charge in [-0.3, -0.25) is 4.72 Å². The zero-order chi connectivity index (χ0) is 12.7. The van der Waals surface area contributed by atoms with Crippen LogP contribution in [0.3, 0.4) is 0 Å². The maximum absolute atomic E-state index is 11.1. The van der Waals surface area contributed by atoms with E-state index in [0.29, 0.717) is 0 Å². The first-order valence-corrected chi connectivity index (χ1v) is 7.42. The van der Waals surface area contributed by atoms with Gasteiger partial charge in [-0.25, -0.2) is 8.42 Å². The Labute approximate surface area is 118 Å². The van der Waals surface area contributed by atoms with Crippen molar-refractivity contribution in [3.8, 4) is 0 Å². The van der Waals surface area contributed by atoms with Crippen molar-refractivity contribution in [2.75, 3.05) is 11.0 Å². The molecule has 0 spiro atoms. The molecule has 0 aliphatic heterocycles. The van der Waals surface area contributed by atoms with Crippen molar-refractivity contribution in [3.63, 3.8) is 0 Å². The summed E-state index contributed by atoms with van der Waals surface area (Å²) in [7, 11) is -3.55. The maximum Gasteiger partial charge on any atom is 0.229 e. The number of hydrogen-bond acceptors (Lipinski definition) is 2. The van der Waals surface area contributed by atoms with E-state index in [1.54, 1.807) is 0 Å². The van der Waals surface area contributed by atoms with Gasteiger partial charge in [0.2, 0.25) is 10.0 Å². The second-order valence-electron chi connectivity index (χ2n) is 2.82. The zero-order valence-electron chi connectivity index (χ0n) is 7.61. The maximum atomic E-state index is 11.1. The topological polar surface area (TPSA) is 46.2 Å². The fourth-order valence-corrected chi connectivity index (χ4v) is 2.80. The predicted molar refractivity (Wildman–Crippen MR) is 70.0 cm³/mol. The van der Waals surface area contributed by atoms with Crippen molar-refractivity contribution < 1.29 is 8.42 Å². The van der Waals surface area contributed by atoms with Gasteiger partial charge in [0.05, 0.1) is 37.1 Å². The van der Waals surface area contributed by atoms with Gasteiger partial charge in [0, 0.05) is 0 Å². The van der Waals surface area contributed by atoms with E-state index < -0.39 is 10.0 Å². The Kier molecular flexibility index (Phi) is 4.49. The Balaban J connectivity index is 3.52. The largest absolute Gasteiger partial charge is 0.281 e. The van der Waals surface area contributed by atoms with Crippen molar-refractivity contribution in [2.45, 2.75) is 0 Å². The van der Waals surface area contributed by atoms with Gasteiger partial charge in [0.15, 0.2) is 0 Å². The molecule has 16 heavy (non-hydrogen) atoms. The standard InChI is InChI=1S/C7H4Cl5NO2S/c1-16(14,15)13-7-5(11)3(9)2(8)4(10)6(7)12/h13H,1H3. The van der Waals surface area contributed by atoms with Crippen molar-refractivity contribution in [1.29, 1.82) is 0 Å². The van der Waals surface area contributed by atoms with E-state index in [1.807, 2.05) is 0 Å². The SMILES string of the molecule is CS(=O)(=O)Nc1c(Cl)c(Cl)c(Cl)c(Cl)c1Cl. The van der Waals surface area contributed by atoms with Crippen LogP contribution in [-0.4, -0.2) is 14.7 Å². The van der Waals surface area contributed by atoms with Crippen molar-refractivity contribution >= 4 is 73.7 Å². The second kappa shape index (κ2) is 4.96. The van der Waals surface area contributed by atoms with E-state index in [0.717, 1.165) is 6.26 Å². The molecule has 90 valence electrons. The highest BCUT2D eigenvalue weighted by Crippen LogP contribution is 2.46. The first-order valence-electron chi connectivity index (χ1n) is 3.64. The van der Waals surface area contributed by atoms with Crippen molar-refractivity contribution in [1.82, 2.24) is 0 Å². The molecule has 0 amide bonds. The number of halogens is 5. The highest BCUT2D eigenvalue weighted by atomic mass is 35.5. The lowest BCUT2D eigenvalue weighted by Crippen LogP contribution is -2.10. The minimum atomic E-state index is -3.55. The van der Waals surface area contributed by atoms with Gasteiger partial charge >= 0.3 is 0 Å². The van der Waals surface area contributed by atoms with Crippen LogP contribution in [0, 0.1) is 0 Å². The molecule has 0 unspecified atom stereocenters. The number of sulfonamides is 1. The fraction of sp³-hybridized carbons (Fsp3) is 0.143. The molecule has 1 rings (SSSR count). The summed E-state index contributed by atoms with van der Waals surface area (Å²) in [4.78, 5) is 0. The summed E-state index contributed by atoms with van der Waals surface area (Å²) in [6.07, 6.45) is 0.941. The highest BCUT2D eigenvalue weighted by molar-refractivity contribution is 7.92. The molecule has 9 heteroatoms. The molecule has 1 N–H and O–H groups in total. The van der Waals surface area contributed by atoms with Crippen LogP contribution in [0.1, 0.15) is 0 Å². The van der Waals surface area contributed by atoms with Gasteiger partial charge in [-0.1, -0.05) is 58.0 Å². The normalized spacial score (nSPS) is 11.6. The third-order valence-corrected chi connectivity index (χ3v) is 4.35. The number of hydrogen-bond donors (Lipinski definition) is 1. The third-order valence-electron chi connectivity index (χ3n) is 1.50. The van der Waals surface area contributed by atoms with E-state index in [4.69, 9.17) is 58.0 Å². The van der Waals surface area contributed by atoms with Gasteiger partial charge < -0.3 is 0 Å². The second-order valence-corrected chi connectivity index (χ2v) is 6.46. The summed E-state index contributed by atoms with van der Waals surface area (Å²) in [5.41, 5.74) is -0.0924. The smallest absolute Gasteiger partial charge is 0.229 e. The first kappa shape index (κ1) is 14.5. The van der Waals surface area contributed by atoms with Gasteiger partial charge in [0.1, 0.15) is 0 Å². The van der Waals surface area contributed by atoms with Crippen LogP contribution in [-0.2, 0) is 10.0 Å². The van der Waals surface area contributed by atoms with Gasteiger partial charge in [-0.05, 0) is 0 Å². The summed E-state index contributed by atoms with van der Waals surface area (Å²) in [6.45, 7) is 0. The molecule has 0 heterocycles. The summed E-state index contributed by atoms with van der Waals surface area (Å²) >= 11 is 28.8. The van der Waals surface area contributed by atoms with Crippen LogP contribution >= 0.6 is 58.0 Å². The molecule has 0 aromatic heterocycles. The molecular formula is C7H4Cl5NO2S. The Bertz CT molecular complexity index is 513. The fourth-order valence-electron chi connectivity index (χ4n) is 0.880. The zero-order valence-corrected chi connectivity index (χ0v) is 12.2. The van der Waals surface area contributed by atoms with E-state index in [2.05, 4.69) is 4.72 Å². The quantitative estimate of drug-likeness (QED) is 0.642. The number of benzene rings is 1. The Morgan fingerprint density at radius 3 is 1.44 bits per heavy atom. The Morgan fingerprint density at radius 1 is 0.812 bits per heavy atom. The first-order chi connectivity index (χ1) is 7.15. The summed E-state index contributed by atoms with van der Waals surface area (Å²) in [6, 6.07) is 0. The molecule has 3 nitrogen and oxygen atoms in total. The average Bonchev–Trinajstić information content (AvgIpc) is 2.17. The predicted octanol–water partition coefficient (Wildman–Crippen LogP) is 4.33. The summed E-state index contributed by atoms with van der Waals surface area (Å²) < 4.78 is 24.2. The van der Waals surface area contributed by atoms with E-state index in [-0.39, 0.29) is 30.8 Å². The molecule has 0 saturated heterocycles. The molecule has 0 fully saturated rings. The number of rotatable bonds is 2. The monoisotopic (exact) mass is 341 g/mol. The van der Waals surface area contributed by atoms with E-state index >= 15 is 0 Å². The third kappa shape index (κ3) is 3.00. The van der Waals surface area contributed by atoms with Crippen LogP contribution in [0.4, 0.5) is 5.69 Å². The van der Waals surface area contributed by atoms with Gasteiger partial charge in [-0.15, -0.1) is 0 Å². The van der Waals surface area contributed by atoms with Crippen LogP contribution in [0.2, 0.25) is 25.1 Å². The van der Waals surface area contributed by atoms with Crippen LogP contribution in [0.25, 0.3) is 0 Å².